The molecule has 48 heavy (non-hydrogen) atoms. The molecule has 0 bridgehead atoms. The third kappa shape index (κ3) is 3.21. The summed E-state index contributed by atoms with van der Waals surface area (Å²) in [4.78, 5) is 0. The molecule has 1 spiro atoms. The molecule has 0 saturated heterocycles. The van der Waals surface area contributed by atoms with E-state index in [1.807, 2.05) is 0 Å². The van der Waals surface area contributed by atoms with E-state index in [1.165, 1.54) is 93.9 Å². The Morgan fingerprint density at radius 1 is 0.354 bits per heavy atom. The molecule has 0 saturated carbocycles. The van der Waals surface area contributed by atoms with Crippen molar-refractivity contribution in [2.75, 3.05) is 0 Å². The number of para-hydroxylation sites is 2. The minimum atomic E-state index is -0.420. The summed E-state index contributed by atoms with van der Waals surface area (Å²) in [5.74, 6) is 0. The number of fused-ring (bicyclic) bond motifs is 15. The van der Waals surface area contributed by atoms with E-state index >= 15 is 0 Å². The van der Waals surface area contributed by atoms with Gasteiger partial charge in [0.25, 0.3) is 0 Å². The van der Waals surface area contributed by atoms with Crippen molar-refractivity contribution in [3.63, 3.8) is 0 Å². The standard InChI is InChI=1S/C47H29N/c1-2-12-30(13-3-1)31-22-25-37-40-26-23-32-28-33(48-44-20-10-6-16-38(44)39-17-7-11-21-45(39)48)24-27-34(32)46(40)47(43(37)29-31)41-18-8-4-14-35(41)36-15-5-9-19-42(36)47/h1-29H. The topological polar surface area (TPSA) is 4.93 Å². The first-order chi connectivity index (χ1) is 23.8. The molecule has 2 aliphatic rings. The van der Waals surface area contributed by atoms with Gasteiger partial charge in [-0.15, -0.1) is 0 Å². The van der Waals surface area contributed by atoms with Crippen molar-refractivity contribution in [2.45, 2.75) is 5.41 Å². The van der Waals surface area contributed by atoms with Crippen LogP contribution in [0.3, 0.4) is 0 Å². The second-order valence-corrected chi connectivity index (χ2v) is 13.2. The SMILES string of the molecule is c1ccc(-c2ccc3c(c2)C2(c4ccccc4-c4ccccc42)c2c-3ccc3cc(-n4c5ccccc5c5ccccc54)ccc23)cc1. The second kappa shape index (κ2) is 9.44. The molecule has 0 fully saturated rings. The minimum Gasteiger partial charge on any atom is -0.309 e. The summed E-state index contributed by atoms with van der Waals surface area (Å²) in [6.07, 6.45) is 0. The third-order valence-corrected chi connectivity index (χ3v) is 11.0. The van der Waals surface area contributed by atoms with E-state index in [0.29, 0.717) is 0 Å². The van der Waals surface area contributed by atoms with Crippen molar-refractivity contribution in [1.29, 1.82) is 0 Å². The molecule has 0 aliphatic heterocycles. The maximum absolute atomic E-state index is 2.47. The smallest absolute Gasteiger partial charge is 0.0731 e. The summed E-state index contributed by atoms with van der Waals surface area (Å²) in [6, 6.07) is 65.5. The van der Waals surface area contributed by atoms with E-state index in [4.69, 9.17) is 0 Å². The Labute approximate surface area is 279 Å². The monoisotopic (exact) mass is 607 g/mol. The van der Waals surface area contributed by atoms with Gasteiger partial charge >= 0.3 is 0 Å². The highest BCUT2D eigenvalue weighted by Gasteiger charge is 2.52. The van der Waals surface area contributed by atoms with Gasteiger partial charge in [-0.3, -0.25) is 0 Å². The highest BCUT2D eigenvalue weighted by Crippen LogP contribution is 2.64. The molecule has 1 heteroatoms. The van der Waals surface area contributed by atoms with Gasteiger partial charge in [0.05, 0.1) is 16.4 Å². The Kier molecular flexibility index (Phi) is 5.10. The molecule has 11 rings (SSSR count). The summed E-state index contributed by atoms with van der Waals surface area (Å²) in [7, 11) is 0. The molecule has 9 aromatic rings. The van der Waals surface area contributed by atoms with Gasteiger partial charge < -0.3 is 4.57 Å². The van der Waals surface area contributed by atoms with E-state index in [0.717, 1.165) is 0 Å². The summed E-state index contributed by atoms with van der Waals surface area (Å²) < 4.78 is 2.42. The van der Waals surface area contributed by atoms with Crippen LogP contribution in [0.15, 0.2) is 176 Å². The van der Waals surface area contributed by atoms with Gasteiger partial charge in [-0.1, -0.05) is 146 Å². The Morgan fingerprint density at radius 3 is 1.65 bits per heavy atom. The normalized spacial score (nSPS) is 13.6. The molecule has 0 atom stereocenters. The van der Waals surface area contributed by atoms with Crippen molar-refractivity contribution < 1.29 is 0 Å². The van der Waals surface area contributed by atoms with Crippen molar-refractivity contribution in [3.8, 4) is 39.1 Å². The maximum atomic E-state index is 2.47. The number of nitrogens with zero attached hydrogens (tertiary/aromatic N) is 1. The molecule has 222 valence electrons. The predicted molar refractivity (Wildman–Crippen MR) is 200 cm³/mol. The Balaban J connectivity index is 1.24. The number of benzene rings is 8. The van der Waals surface area contributed by atoms with E-state index in [9.17, 15) is 0 Å². The predicted octanol–water partition coefficient (Wildman–Crippen LogP) is 11.9. The fourth-order valence-electron chi connectivity index (χ4n) is 9.11. The van der Waals surface area contributed by atoms with Gasteiger partial charge in [0.1, 0.15) is 0 Å². The van der Waals surface area contributed by atoms with Crippen molar-refractivity contribution >= 4 is 32.6 Å². The van der Waals surface area contributed by atoms with Crippen LogP contribution in [-0.2, 0) is 5.41 Å². The van der Waals surface area contributed by atoms with Crippen molar-refractivity contribution in [3.05, 3.63) is 198 Å². The molecule has 1 nitrogen and oxygen atoms in total. The zero-order valence-corrected chi connectivity index (χ0v) is 26.2. The third-order valence-electron chi connectivity index (χ3n) is 11.0. The van der Waals surface area contributed by atoms with Crippen LogP contribution in [0.1, 0.15) is 22.3 Å². The fourth-order valence-corrected chi connectivity index (χ4v) is 9.11. The van der Waals surface area contributed by atoms with E-state index in [2.05, 4.69) is 180 Å². The van der Waals surface area contributed by atoms with Gasteiger partial charge in [0, 0.05) is 16.5 Å². The summed E-state index contributed by atoms with van der Waals surface area (Å²) in [5, 5.41) is 5.13. The molecular weight excluding hydrogens is 579 g/mol. The first kappa shape index (κ1) is 25.9. The largest absolute Gasteiger partial charge is 0.309 e. The fraction of sp³-hybridized carbons (Fsp3) is 0.0213. The van der Waals surface area contributed by atoms with Crippen LogP contribution >= 0.6 is 0 Å². The second-order valence-electron chi connectivity index (χ2n) is 13.2. The van der Waals surface area contributed by atoms with Crippen LogP contribution < -0.4 is 0 Å². The van der Waals surface area contributed by atoms with Crippen LogP contribution in [0.4, 0.5) is 0 Å². The van der Waals surface area contributed by atoms with E-state index in [-0.39, 0.29) is 0 Å². The first-order valence-corrected chi connectivity index (χ1v) is 16.8. The maximum Gasteiger partial charge on any atom is 0.0731 e. The number of hydrogen-bond donors (Lipinski definition) is 0. The molecular formula is C47H29N. The quantitative estimate of drug-likeness (QED) is 0.184. The number of rotatable bonds is 2. The highest BCUT2D eigenvalue weighted by atomic mass is 15.0. The highest BCUT2D eigenvalue weighted by molar-refractivity contribution is 6.10. The van der Waals surface area contributed by atoms with E-state index in [1.54, 1.807) is 0 Å². The zero-order valence-electron chi connectivity index (χ0n) is 26.2. The Bertz CT molecular complexity index is 2680. The summed E-state index contributed by atoms with van der Waals surface area (Å²) in [5.41, 5.74) is 16.5. The van der Waals surface area contributed by atoms with Crippen molar-refractivity contribution in [2.24, 2.45) is 0 Å². The van der Waals surface area contributed by atoms with E-state index < -0.39 is 5.41 Å². The molecule has 2 aliphatic carbocycles. The molecule has 8 aromatic carbocycles. The number of hydrogen-bond acceptors (Lipinski definition) is 0. The van der Waals surface area contributed by atoms with Gasteiger partial charge in [-0.05, 0) is 96.7 Å². The molecule has 0 amide bonds. The average Bonchev–Trinajstić information content (AvgIpc) is 3.76. The molecule has 1 heterocycles. The van der Waals surface area contributed by atoms with Crippen LogP contribution in [0.25, 0.3) is 71.6 Å². The van der Waals surface area contributed by atoms with Gasteiger partial charge in [-0.2, -0.15) is 0 Å². The van der Waals surface area contributed by atoms with Gasteiger partial charge in [0.15, 0.2) is 0 Å². The number of aromatic nitrogens is 1. The average molecular weight is 608 g/mol. The molecule has 0 unspecified atom stereocenters. The van der Waals surface area contributed by atoms with Gasteiger partial charge in [-0.25, -0.2) is 0 Å². The van der Waals surface area contributed by atoms with Gasteiger partial charge in [0.2, 0.25) is 0 Å². The van der Waals surface area contributed by atoms with Crippen LogP contribution in [-0.4, -0.2) is 4.57 Å². The van der Waals surface area contributed by atoms with Crippen LogP contribution in [0, 0.1) is 0 Å². The molecule has 1 aromatic heterocycles. The van der Waals surface area contributed by atoms with Crippen LogP contribution in [0.5, 0.6) is 0 Å². The Hall–Kier alpha value is -6.18. The minimum absolute atomic E-state index is 0.420. The van der Waals surface area contributed by atoms with Crippen LogP contribution in [0.2, 0.25) is 0 Å². The lowest BCUT2D eigenvalue weighted by atomic mass is 9.69. The summed E-state index contributed by atoms with van der Waals surface area (Å²) >= 11 is 0. The lowest BCUT2D eigenvalue weighted by Crippen LogP contribution is -2.26. The molecule has 0 N–H and O–H groups in total. The zero-order chi connectivity index (χ0) is 31.4. The lowest BCUT2D eigenvalue weighted by Gasteiger charge is -2.31. The summed E-state index contributed by atoms with van der Waals surface area (Å²) in [6.45, 7) is 0. The Morgan fingerprint density at radius 2 is 0.938 bits per heavy atom. The molecule has 0 radical (unpaired) electrons. The van der Waals surface area contributed by atoms with Crippen molar-refractivity contribution in [1.82, 2.24) is 4.57 Å². The lowest BCUT2D eigenvalue weighted by molar-refractivity contribution is 0.801. The first-order valence-electron chi connectivity index (χ1n) is 16.8.